The summed E-state index contributed by atoms with van der Waals surface area (Å²) < 4.78 is 0. The number of aryl methyl sites for hydroxylation is 1. The summed E-state index contributed by atoms with van der Waals surface area (Å²) in [5.74, 6) is 0. The summed E-state index contributed by atoms with van der Waals surface area (Å²) in [4.78, 5) is 9.55. The highest BCUT2D eigenvalue weighted by molar-refractivity contribution is 5.97. The summed E-state index contributed by atoms with van der Waals surface area (Å²) in [6, 6.07) is 9.96. The van der Waals surface area contributed by atoms with Crippen LogP contribution in [0.5, 0.6) is 0 Å². The molecule has 0 aliphatic rings. The van der Waals surface area contributed by atoms with Gasteiger partial charge in [0.1, 0.15) is 6.61 Å². The Morgan fingerprint density at radius 1 is 1.30 bits per heavy atom. The fraction of sp³-hybridized carbons (Fsp3) is 0.250. The van der Waals surface area contributed by atoms with Crippen molar-refractivity contribution in [3.63, 3.8) is 0 Å². The molecule has 0 unspecified atom stereocenters. The molecule has 0 spiro atoms. The van der Waals surface area contributed by atoms with Crippen LogP contribution >= 0.6 is 0 Å². The monoisotopic (exact) mass is 269 g/mol. The van der Waals surface area contributed by atoms with Crippen molar-refractivity contribution >= 4 is 11.4 Å². The number of rotatable bonds is 5. The minimum atomic E-state index is 0.445. The second-order valence-corrected chi connectivity index (χ2v) is 4.54. The van der Waals surface area contributed by atoms with Gasteiger partial charge in [0.2, 0.25) is 0 Å². The number of nitrogens with one attached hydrogen (secondary N) is 1. The fourth-order valence-corrected chi connectivity index (χ4v) is 1.95. The molecule has 1 N–H and O–H groups in total. The first-order valence-corrected chi connectivity index (χ1v) is 6.55. The van der Waals surface area contributed by atoms with E-state index in [0.29, 0.717) is 6.61 Å². The lowest BCUT2D eigenvalue weighted by molar-refractivity contribution is 0.130. The van der Waals surface area contributed by atoms with Gasteiger partial charge in [-0.1, -0.05) is 17.3 Å². The van der Waals surface area contributed by atoms with Gasteiger partial charge in [0.15, 0.2) is 0 Å². The van der Waals surface area contributed by atoms with E-state index >= 15 is 0 Å². The number of anilines is 1. The number of benzene rings is 1. The molecule has 0 bridgehead atoms. The molecule has 1 aromatic carbocycles. The molecular weight excluding hydrogens is 250 g/mol. The van der Waals surface area contributed by atoms with Crippen molar-refractivity contribution < 1.29 is 4.84 Å². The fourth-order valence-electron chi connectivity index (χ4n) is 1.95. The Hall–Kier alpha value is -2.36. The van der Waals surface area contributed by atoms with Crippen molar-refractivity contribution in [1.29, 1.82) is 0 Å². The first-order valence-electron chi connectivity index (χ1n) is 6.55. The van der Waals surface area contributed by atoms with Crippen LogP contribution in [0.25, 0.3) is 0 Å². The van der Waals surface area contributed by atoms with Gasteiger partial charge in [-0.2, -0.15) is 0 Å². The molecule has 0 atom stereocenters. The standard InChI is InChI=1S/C16H19N3O/c1-12-6-4-8-16(17-3)15(12)11-20-19-13(2)14-7-5-9-18-10-14/h4-10,17H,11H2,1-3H3. The predicted octanol–water partition coefficient (Wildman–Crippen LogP) is 3.37. The molecule has 2 rings (SSSR count). The number of aromatic nitrogens is 1. The number of pyridine rings is 1. The molecular formula is C16H19N3O. The quantitative estimate of drug-likeness (QED) is 0.668. The third kappa shape index (κ3) is 3.35. The molecule has 104 valence electrons. The Morgan fingerprint density at radius 3 is 2.85 bits per heavy atom. The highest BCUT2D eigenvalue weighted by Gasteiger charge is 2.05. The van der Waals surface area contributed by atoms with Crippen LogP contribution in [0, 0.1) is 6.92 Å². The van der Waals surface area contributed by atoms with Crippen molar-refractivity contribution in [3.8, 4) is 0 Å². The van der Waals surface area contributed by atoms with E-state index < -0.39 is 0 Å². The van der Waals surface area contributed by atoms with Crippen molar-refractivity contribution in [3.05, 3.63) is 59.4 Å². The highest BCUT2D eigenvalue weighted by atomic mass is 16.6. The zero-order valence-corrected chi connectivity index (χ0v) is 12.1. The van der Waals surface area contributed by atoms with Crippen LogP contribution < -0.4 is 5.32 Å². The van der Waals surface area contributed by atoms with Crippen molar-refractivity contribution in [2.24, 2.45) is 5.16 Å². The van der Waals surface area contributed by atoms with Crippen LogP contribution in [0.4, 0.5) is 5.69 Å². The summed E-state index contributed by atoms with van der Waals surface area (Å²) in [5, 5.41) is 7.32. The highest BCUT2D eigenvalue weighted by Crippen LogP contribution is 2.20. The molecule has 20 heavy (non-hydrogen) atoms. The Bertz CT molecular complexity index is 594. The Kier molecular flexibility index (Phi) is 4.71. The number of hydrogen-bond donors (Lipinski definition) is 1. The summed E-state index contributed by atoms with van der Waals surface area (Å²) in [6.45, 7) is 4.42. The average Bonchev–Trinajstić information content (AvgIpc) is 2.49. The molecule has 0 fully saturated rings. The summed E-state index contributed by atoms with van der Waals surface area (Å²) in [6.07, 6.45) is 3.51. The van der Waals surface area contributed by atoms with Gasteiger partial charge in [0, 0.05) is 36.3 Å². The van der Waals surface area contributed by atoms with Gasteiger partial charge in [-0.3, -0.25) is 4.98 Å². The van der Waals surface area contributed by atoms with Crippen LogP contribution in [0.3, 0.4) is 0 Å². The largest absolute Gasteiger partial charge is 0.391 e. The van der Waals surface area contributed by atoms with Crippen LogP contribution in [-0.2, 0) is 11.4 Å². The molecule has 0 saturated carbocycles. The van der Waals surface area contributed by atoms with Crippen molar-refractivity contribution in [2.45, 2.75) is 20.5 Å². The molecule has 0 aliphatic heterocycles. The minimum Gasteiger partial charge on any atom is -0.391 e. The van der Waals surface area contributed by atoms with Gasteiger partial charge in [-0.25, -0.2) is 0 Å². The summed E-state index contributed by atoms with van der Waals surface area (Å²) in [7, 11) is 1.91. The van der Waals surface area contributed by atoms with E-state index in [-0.39, 0.29) is 0 Å². The Labute approximate surface area is 119 Å². The normalized spacial score (nSPS) is 11.2. The molecule has 1 heterocycles. The van der Waals surface area contributed by atoms with Crippen molar-refractivity contribution in [1.82, 2.24) is 4.98 Å². The summed E-state index contributed by atoms with van der Waals surface area (Å²) >= 11 is 0. The van der Waals surface area contributed by atoms with E-state index in [1.807, 2.05) is 38.2 Å². The first kappa shape index (κ1) is 14.1. The zero-order chi connectivity index (χ0) is 14.4. The van der Waals surface area contributed by atoms with Crippen LogP contribution in [0.2, 0.25) is 0 Å². The molecule has 0 amide bonds. The van der Waals surface area contributed by atoms with Gasteiger partial charge in [0.25, 0.3) is 0 Å². The zero-order valence-electron chi connectivity index (χ0n) is 12.1. The van der Waals surface area contributed by atoms with E-state index in [9.17, 15) is 0 Å². The maximum atomic E-state index is 5.48. The van der Waals surface area contributed by atoms with Gasteiger partial charge in [0.05, 0.1) is 5.71 Å². The number of oxime groups is 1. The smallest absolute Gasteiger partial charge is 0.144 e. The van der Waals surface area contributed by atoms with Crippen LogP contribution in [-0.4, -0.2) is 17.7 Å². The van der Waals surface area contributed by atoms with E-state index in [0.717, 1.165) is 22.5 Å². The first-order chi connectivity index (χ1) is 9.72. The molecule has 4 heteroatoms. The second-order valence-electron chi connectivity index (χ2n) is 4.54. The molecule has 0 aliphatic carbocycles. The molecule has 0 saturated heterocycles. The number of nitrogens with zero attached hydrogens (tertiary/aromatic N) is 2. The average molecular weight is 269 g/mol. The van der Waals surface area contributed by atoms with Gasteiger partial charge in [-0.15, -0.1) is 0 Å². The lowest BCUT2D eigenvalue weighted by Gasteiger charge is -2.11. The predicted molar refractivity (Wildman–Crippen MR) is 82.0 cm³/mol. The maximum Gasteiger partial charge on any atom is 0.144 e. The second kappa shape index (κ2) is 6.70. The van der Waals surface area contributed by atoms with Gasteiger partial charge in [-0.05, 0) is 37.6 Å². The van der Waals surface area contributed by atoms with E-state index in [2.05, 4.69) is 28.4 Å². The van der Waals surface area contributed by atoms with Gasteiger partial charge >= 0.3 is 0 Å². The Balaban J connectivity index is 2.06. The van der Waals surface area contributed by atoms with Gasteiger partial charge < -0.3 is 10.2 Å². The third-order valence-electron chi connectivity index (χ3n) is 3.17. The summed E-state index contributed by atoms with van der Waals surface area (Å²) in [5.41, 5.74) is 5.16. The molecule has 2 aromatic rings. The van der Waals surface area contributed by atoms with E-state index in [1.54, 1.807) is 12.4 Å². The minimum absolute atomic E-state index is 0.445. The Morgan fingerprint density at radius 2 is 2.15 bits per heavy atom. The molecule has 0 radical (unpaired) electrons. The van der Waals surface area contributed by atoms with E-state index in [4.69, 9.17) is 4.84 Å². The molecule has 4 nitrogen and oxygen atoms in total. The van der Waals surface area contributed by atoms with Crippen LogP contribution in [0.1, 0.15) is 23.6 Å². The molecule has 1 aromatic heterocycles. The van der Waals surface area contributed by atoms with Crippen molar-refractivity contribution in [2.75, 3.05) is 12.4 Å². The van der Waals surface area contributed by atoms with E-state index in [1.165, 1.54) is 5.56 Å². The third-order valence-corrected chi connectivity index (χ3v) is 3.17. The topological polar surface area (TPSA) is 46.5 Å². The maximum absolute atomic E-state index is 5.48. The SMILES string of the molecule is CNc1cccc(C)c1CON=C(C)c1cccnc1. The lowest BCUT2D eigenvalue weighted by atomic mass is 10.1. The van der Waals surface area contributed by atoms with Crippen LogP contribution in [0.15, 0.2) is 47.9 Å². The number of hydrogen-bond acceptors (Lipinski definition) is 4. The lowest BCUT2D eigenvalue weighted by Crippen LogP contribution is -2.01.